The van der Waals surface area contributed by atoms with Gasteiger partial charge in [-0.05, 0) is 128 Å². The molecule has 366 valence electrons. The van der Waals surface area contributed by atoms with E-state index in [0.717, 1.165) is 116 Å². The van der Waals surface area contributed by atoms with E-state index in [-0.39, 0.29) is 53.0 Å². The van der Waals surface area contributed by atoms with E-state index in [4.69, 9.17) is 9.59 Å². The van der Waals surface area contributed by atoms with Crippen molar-refractivity contribution in [2.75, 3.05) is 87.0 Å². The maximum atomic E-state index is 15.5. The molecule has 0 radical (unpaired) electrons. The lowest BCUT2D eigenvalue weighted by Crippen LogP contribution is -2.42. The Hall–Kier alpha value is -5.01. The van der Waals surface area contributed by atoms with Crippen molar-refractivity contribution in [2.45, 2.75) is 108 Å². The van der Waals surface area contributed by atoms with E-state index in [1.165, 1.54) is 18.3 Å². The number of amides is 2. The lowest BCUT2D eigenvalue weighted by atomic mass is 9.92. The third-order valence-electron chi connectivity index (χ3n) is 13.7. The van der Waals surface area contributed by atoms with Gasteiger partial charge in [-0.25, -0.2) is 23.1 Å². The van der Waals surface area contributed by atoms with Gasteiger partial charge in [0.25, 0.3) is 5.91 Å². The first-order chi connectivity index (χ1) is 32.1. The van der Waals surface area contributed by atoms with Crippen molar-refractivity contribution in [1.29, 1.82) is 0 Å². The van der Waals surface area contributed by atoms with Crippen LogP contribution in [0.15, 0.2) is 30.5 Å². The first-order valence-corrected chi connectivity index (χ1v) is 24.2. The van der Waals surface area contributed by atoms with Crippen molar-refractivity contribution in [3.05, 3.63) is 59.0 Å². The zero-order valence-corrected chi connectivity index (χ0v) is 40.4. The summed E-state index contributed by atoms with van der Waals surface area (Å²) in [5, 5.41) is 3.98. The van der Waals surface area contributed by atoms with Crippen LogP contribution in [0.25, 0.3) is 11.3 Å². The van der Waals surface area contributed by atoms with Gasteiger partial charge >= 0.3 is 0 Å². The molecule has 5 heterocycles. The number of piperidine rings is 3. The smallest absolute Gasteiger partial charge is 0.254 e. The molecule has 1 N–H and O–H groups in total. The number of carbonyl (C=O) groups excluding carboxylic acids is 4. The van der Waals surface area contributed by atoms with Crippen molar-refractivity contribution in [3.63, 3.8) is 0 Å². The Morgan fingerprint density at radius 3 is 2.15 bits per heavy atom. The van der Waals surface area contributed by atoms with Crippen LogP contribution < -0.4 is 20.0 Å². The average Bonchev–Trinajstić information content (AvgIpc) is 4.15. The molecule has 3 saturated heterocycles. The maximum absolute atomic E-state index is 15.5. The molecule has 1 atom stereocenters. The number of carbonyl (C=O) groups is 4. The predicted octanol–water partition coefficient (Wildman–Crippen LogP) is 7.69. The number of anilines is 4. The molecule has 1 aromatic heterocycles. The summed E-state index contributed by atoms with van der Waals surface area (Å²) in [5.41, 5.74) is 2.60. The SMILES string of the molecule is C=O.CC(C)N1c2cc(-c3nc(NC4CCN(SC5CCN(CCC6CCN(c7cc(C(=O)N(C)C8CC8)c(C=O)cc7F)CC6)CC5)CC4)ncc3F)cc(F)c2N(C)C1C.CN(F)C=O. The Balaban J connectivity index is 0.000000993. The fraction of sp³-hybridized carbons (Fsp3) is 0.583. The first-order valence-electron chi connectivity index (χ1n) is 23.4. The number of hydrogen-bond acceptors (Lipinski definition) is 13. The second kappa shape index (κ2) is 23.3. The number of aldehydes is 1. The quantitative estimate of drug-likeness (QED) is 0.0735. The molecule has 4 aliphatic heterocycles. The third-order valence-corrected chi connectivity index (χ3v) is 15.1. The number of fused-ring (bicyclic) bond motifs is 1. The van der Waals surface area contributed by atoms with Gasteiger partial charge < -0.3 is 34.6 Å². The van der Waals surface area contributed by atoms with E-state index in [1.54, 1.807) is 18.0 Å². The zero-order chi connectivity index (χ0) is 48.5. The Bertz CT molecular complexity index is 2160. The van der Waals surface area contributed by atoms with E-state index in [9.17, 15) is 14.1 Å². The molecule has 3 aromatic rings. The number of likely N-dealkylation sites (tertiary alicyclic amines) is 1. The molecule has 19 heteroatoms. The highest BCUT2D eigenvalue weighted by molar-refractivity contribution is 7.97. The zero-order valence-electron chi connectivity index (χ0n) is 39.6. The highest BCUT2D eigenvalue weighted by Gasteiger charge is 2.36. The van der Waals surface area contributed by atoms with Gasteiger partial charge in [0.15, 0.2) is 12.1 Å². The molecule has 14 nitrogen and oxygen atoms in total. The summed E-state index contributed by atoms with van der Waals surface area (Å²) < 4.78 is 59.2. The van der Waals surface area contributed by atoms with Crippen LogP contribution in [-0.2, 0) is 9.59 Å². The molecule has 1 unspecified atom stereocenters. The molecule has 8 rings (SSSR count). The molecule has 1 saturated carbocycles. The van der Waals surface area contributed by atoms with E-state index in [2.05, 4.69) is 43.2 Å². The number of nitrogens with zero attached hydrogens (tertiary/aromatic N) is 9. The van der Waals surface area contributed by atoms with Gasteiger partial charge in [0.1, 0.15) is 24.1 Å². The molecule has 67 heavy (non-hydrogen) atoms. The van der Waals surface area contributed by atoms with E-state index in [1.807, 2.05) is 48.6 Å². The van der Waals surface area contributed by atoms with Crippen molar-refractivity contribution >= 4 is 60.4 Å². The van der Waals surface area contributed by atoms with Crippen LogP contribution >= 0.6 is 11.9 Å². The summed E-state index contributed by atoms with van der Waals surface area (Å²) in [6.45, 7) is 14.8. The summed E-state index contributed by atoms with van der Waals surface area (Å²) in [4.78, 5) is 61.1. The molecule has 0 bridgehead atoms. The minimum atomic E-state index is -0.576. The second-order valence-corrected chi connectivity index (χ2v) is 19.9. The third kappa shape index (κ3) is 12.6. The van der Waals surface area contributed by atoms with Crippen LogP contribution in [0.5, 0.6) is 0 Å². The van der Waals surface area contributed by atoms with Gasteiger partial charge in [0, 0.05) is 81.8 Å². The van der Waals surface area contributed by atoms with Crippen LogP contribution in [-0.4, -0.2) is 151 Å². The monoisotopic (exact) mass is 954 g/mol. The fourth-order valence-electron chi connectivity index (χ4n) is 9.68. The standard InChI is InChI=1S/C45H60F3N9O2S.C2H4FNO.CH2O/c1-28(2)57-29(3)52(4)43-38(47)22-31(24-41(43)57)42-39(48)26-49-45(51-42)50-33-11-20-56(21-12-33)60-35-13-16-54(17-14-35)15-8-30-9-18-55(19-10-30)40-25-36(32(27-58)23-37(40)46)44(59)53(5)34-6-7-34;1-4(3)2-5;1-2/h22-30,33-35H,6-21H2,1-5H3,(H,49,50,51);2H,1H3;1H2. The van der Waals surface area contributed by atoms with Crippen LogP contribution in [0, 0.1) is 23.4 Å². The van der Waals surface area contributed by atoms with Gasteiger partial charge in [-0.1, -0.05) is 16.4 Å². The molecular formula is C48H66F4N10O4S. The second-order valence-electron chi connectivity index (χ2n) is 18.5. The number of halogens is 4. The van der Waals surface area contributed by atoms with Crippen molar-refractivity contribution in [1.82, 2.24) is 29.2 Å². The number of benzene rings is 2. The number of aromatic nitrogens is 2. The molecule has 5 aliphatic rings. The van der Waals surface area contributed by atoms with E-state index in [0.29, 0.717) is 45.9 Å². The Kier molecular flexibility index (Phi) is 17.9. The normalized spacial score (nSPS) is 19.6. The lowest BCUT2D eigenvalue weighted by Gasteiger charge is -2.38. The summed E-state index contributed by atoms with van der Waals surface area (Å²) in [7, 11) is 4.66. The number of nitrogens with one attached hydrogen (secondary N) is 1. The lowest BCUT2D eigenvalue weighted by molar-refractivity contribution is -0.128. The fourth-order valence-corrected chi connectivity index (χ4v) is 10.9. The topological polar surface area (TPSA) is 129 Å². The predicted molar refractivity (Wildman–Crippen MR) is 257 cm³/mol. The van der Waals surface area contributed by atoms with Crippen molar-refractivity contribution in [2.24, 2.45) is 5.92 Å². The summed E-state index contributed by atoms with van der Waals surface area (Å²) in [6, 6.07) is 6.57. The number of hydrogen-bond donors (Lipinski definition) is 1. The van der Waals surface area contributed by atoms with Crippen molar-refractivity contribution in [3.8, 4) is 11.3 Å². The first kappa shape index (κ1) is 51.4. The molecule has 2 amide bonds. The summed E-state index contributed by atoms with van der Waals surface area (Å²) in [6.07, 6.45) is 11.0. The molecule has 1 aliphatic carbocycles. The molecule has 2 aromatic carbocycles. The van der Waals surface area contributed by atoms with Crippen molar-refractivity contribution < 1.29 is 36.8 Å². The largest absolute Gasteiger partial charge is 0.369 e. The van der Waals surface area contributed by atoms with Gasteiger partial charge in [-0.2, -0.15) is 5.12 Å². The maximum Gasteiger partial charge on any atom is 0.254 e. The van der Waals surface area contributed by atoms with E-state index >= 15 is 13.2 Å². The average molecular weight is 955 g/mol. The van der Waals surface area contributed by atoms with Gasteiger partial charge in [-0.3, -0.25) is 18.7 Å². The molecule has 4 fully saturated rings. The highest BCUT2D eigenvalue weighted by Crippen LogP contribution is 2.44. The Morgan fingerprint density at radius 2 is 1.55 bits per heavy atom. The molecule has 0 spiro atoms. The van der Waals surface area contributed by atoms with Crippen LogP contribution in [0.1, 0.15) is 99.3 Å². The summed E-state index contributed by atoms with van der Waals surface area (Å²) >= 11 is 2.00. The Morgan fingerprint density at radius 1 is 0.896 bits per heavy atom. The minimum Gasteiger partial charge on any atom is -0.369 e. The van der Waals surface area contributed by atoms with Crippen LogP contribution in [0.4, 0.5) is 40.7 Å². The summed E-state index contributed by atoms with van der Waals surface area (Å²) in [5.74, 6) is -0.675. The van der Waals surface area contributed by atoms with Crippen LogP contribution in [0.2, 0.25) is 0 Å². The molecular weight excluding hydrogens is 889 g/mol. The minimum absolute atomic E-state index is 0.0207. The van der Waals surface area contributed by atoms with Gasteiger partial charge in [0.05, 0.1) is 35.0 Å². The van der Waals surface area contributed by atoms with E-state index < -0.39 is 17.5 Å². The Labute approximate surface area is 396 Å². The number of rotatable bonds is 14. The van der Waals surface area contributed by atoms with Crippen LogP contribution in [0.3, 0.4) is 0 Å². The van der Waals surface area contributed by atoms with Gasteiger partial charge in [-0.15, -0.1) is 0 Å². The highest BCUT2D eigenvalue weighted by atomic mass is 32.2. The van der Waals surface area contributed by atoms with Gasteiger partial charge in [0.2, 0.25) is 12.4 Å².